The van der Waals surface area contributed by atoms with Gasteiger partial charge < -0.3 is 10.2 Å². The molecule has 0 heterocycles. The number of hydrogen-bond acceptors (Lipinski definition) is 2. The lowest BCUT2D eigenvalue weighted by Crippen LogP contribution is -2.32. The van der Waals surface area contributed by atoms with Crippen molar-refractivity contribution in [2.75, 3.05) is 16.8 Å². The highest BCUT2D eigenvalue weighted by atomic mass is 35.5. The molecule has 0 fully saturated rings. The van der Waals surface area contributed by atoms with Gasteiger partial charge in [-0.2, -0.15) is 0 Å². The van der Waals surface area contributed by atoms with Crippen LogP contribution in [0, 0.1) is 0 Å². The van der Waals surface area contributed by atoms with Crippen molar-refractivity contribution < 1.29 is 9.59 Å². The summed E-state index contributed by atoms with van der Waals surface area (Å²) in [5.74, 6) is -0.317. The molecular weight excluding hydrogens is 359 g/mol. The standard InChI is InChI=1S/C19H20Cl2N2O2/c1-3-14-6-4-5-7-18(14)23(13(2)24)11-10-19(25)22-17-9-8-15(20)12-16(17)21/h4-9,12H,3,10-11H2,1-2H3,(H,22,25). The fourth-order valence-electron chi connectivity index (χ4n) is 2.54. The number of carbonyl (C=O) groups excluding carboxylic acids is 2. The van der Waals surface area contributed by atoms with Crippen LogP contribution in [0.2, 0.25) is 10.0 Å². The minimum atomic E-state index is -0.218. The van der Waals surface area contributed by atoms with Crippen molar-refractivity contribution in [3.05, 3.63) is 58.1 Å². The van der Waals surface area contributed by atoms with Crippen LogP contribution in [-0.2, 0) is 16.0 Å². The molecule has 0 unspecified atom stereocenters. The van der Waals surface area contributed by atoms with E-state index in [2.05, 4.69) is 5.32 Å². The van der Waals surface area contributed by atoms with E-state index in [0.29, 0.717) is 22.3 Å². The van der Waals surface area contributed by atoms with E-state index >= 15 is 0 Å². The molecule has 0 bridgehead atoms. The van der Waals surface area contributed by atoms with Crippen LogP contribution < -0.4 is 10.2 Å². The molecule has 0 aliphatic rings. The number of nitrogens with one attached hydrogen (secondary N) is 1. The highest BCUT2D eigenvalue weighted by molar-refractivity contribution is 6.36. The summed E-state index contributed by atoms with van der Waals surface area (Å²) in [4.78, 5) is 25.9. The van der Waals surface area contributed by atoms with E-state index in [1.54, 1.807) is 23.1 Å². The summed E-state index contributed by atoms with van der Waals surface area (Å²) in [7, 11) is 0. The van der Waals surface area contributed by atoms with Gasteiger partial charge in [0.2, 0.25) is 11.8 Å². The van der Waals surface area contributed by atoms with Crippen LogP contribution in [0.4, 0.5) is 11.4 Å². The summed E-state index contributed by atoms with van der Waals surface area (Å²) >= 11 is 11.9. The lowest BCUT2D eigenvalue weighted by atomic mass is 10.1. The first kappa shape index (κ1) is 19.3. The first-order valence-electron chi connectivity index (χ1n) is 8.03. The Morgan fingerprint density at radius 1 is 1.12 bits per heavy atom. The number of benzene rings is 2. The molecule has 2 rings (SSSR count). The van der Waals surface area contributed by atoms with E-state index in [1.165, 1.54) is 6.92 Å². The van der Waals surface area contributed by atoms with Gasteiger partial charge in [0, 0.05) is 30.6 Å². The molecule has 2 aromatic rings. The molecule has 1 N–H and O–H groups in total. The van der Waals surface area contributed by atoms with E-state index in [9.17, 15) is 9.59 Å². The first-order chi connectivity index (χ1) is 11.9. The molecule has 0 saturated carbocycles. The molecule has 0 radical (unpaired) electrons. The molecule has 0 saturated heterocycles. The van der Waals surface area contributed by atoms with Crippen molar-refractivity contribution >= 4 is 46.4 Å². The second-order valence-corrected chi connectivity index (χ2v) is 6.42. The Bertz CT molecular complexity index is 778. The van der Waals surface area contributed by atoms with E-state index < -0.39 is 0 Å². The topological polar surface area (TPSA) is 49.4 Å². The van der Waals surface area contributed by atoms with Gasteiger partial charge in [-0.1, -0.05) is 48.3 Å². The van der Waals surface area contributed by atoms with Crippen molar-refractivity contribution in [3.8, 4) is 0 Å². The third kappa shape index (κ3) is 5.21. The summed E-state index contributed by atoms with van der Waals surface area (Å²) in [6.45, 7) is 3.83. The molecule has 0 atom stereocenters. The maximum absolute atomic E-state index is 12.2. The molecule has 0 aliphatic heterocycles. The number of amides is 2. The van der Waals surface area contributed by atoms with Crippen LogP contribution in [0.1, 0.15) is 25.8 Å². The summed E-state index contributed by atoms with van der Waals surface area (Å²) < 4.78 is 0. The monoisotopic (exact) mass is 378 g/mol. The van der Waals surface area contributed by atoms with E-state index in [1.807, 2.05) is 31.2 Å². The van der Waals surface area contributed by atoms with Crippen LogP contribution in [0.25, 0.3) is 0 Å². The van der Waals surface area contributed by atoms with Crippen LogP contribution in [0.5, 0.6) is 0 Å². The summed E-state index contributed by atoms with van der Waals surface area (Å²) in [6, 6.07) is 12.6. The first-order valence-corrected chi connectivity index (χ1v) is 8.79. The van der Waals surface area contributed by atoms with Gasteiger partial charge in [-0.25, -0.2) is 0 Å². The van der Waals surface area contributed by atoms with Gasteiger partial charge >= 0.3 is 0 Å². The lowest BCUT2D eigenvalue weighted by Gasteiger charge is -2.23. The van der Waals surface area contributed by atoms with Crippen molar-refractivity contribution in [3.63, 3.8) is 0 Å². The normalized spacial score (nSPS) is 10.4. The zero-order valence-corrected chi connectivity index (χ0v) is 15.7. The predicted octanol–water partition coefficient (Wildman–Crippen LogP) is 4.94. The fourth-order valence-corrected chi connectivity index (χ4v) is 2.99. The number of carbonyl (C=O) groups is 2. The number of aryl methyl sites for hydroxylation is 1. The number of halogens is 2. The summed E-state index contributed by atoms with van der Waals surface area (Å²) in [6.07, 6.45) is 0.975. The smallest absolute Gasteiger partial charge is 0.226 e. The third-order valence-electron chi connectivity index (χ3n) is 3.81. The van der Waals surface area contributed by atoms with E-state index in [-0.39, 0.29) is 18.2 Å². The van der Waals surface area contributed by atoms with Crippen LogP contribution in [-0.4, -0.2) is 18.4 Å². The quantitative estimate of drug-likeness (QED) is 0.773. The molecule has 0 aromatic heterocycles. The second-order valence-electron chi connectivity index (χ2n) is 5.58. The molecular formula is C19H20Cl2N2O2. The average molecular weight is 379 g/mol. The zero-order valence-electron chi connectivity index (χ0n) is 14.2. The number of rotatable bonds is 6. The highest BCUT2D eigenvalue weighted by Crippen LogP contribution is 2.26. The Morgan fingerprint density at radius 2 is 1.84 bits per heavy atom. The van der Waals surface area contributed by atoms with Crippen LogP contribution in [0.3, 0.4) is 0 Å². The van der Waals surface area contributed by atoms with Crippen LogP contribution >= 0.6 is 23.2 Å². The molecule has 2 aromatic carbocycles. The van der Waals surface area contributed by atoms with Gasteiger partial charge in [-0.3, -0.25) is 9.59 Å². The second kappa shape index (κ2) is 8.88. The molecule has 0 spiro atoms. The molecule has 25 heavy (non-hydrogen) atoms. The largest absolute Gasteiger partial charge is 0.325 e. The Balaban J connectivity index is 2.06. The van der Waals surface area contributed by atoms with Gasteiger partial charge in [-0.15, -0.1) is 0 Å². The Morgan fingerprint density at radius 3 is 2.48 bits per heavy atom. The minimum absolute atomic E-state index is 0.0989. The Hall–Kier alpha value is -2.04. The highest BCUT2D eigenvalue weighted by Gasteiger charge is 2.16. The zero-order chi connectivity index (χ0) is 18.4. The Kier molecular flexibility index (Phi) is 6.85. The third-order valence-corrected chi connectivity index (χ3v) is 4.36. The number of anilines is 2. The van der Waals surface area contributed by atoms with Gasteiger partial charge in [0.25, 0.3) is 0 Å². The van der Waals surface area contributed by atoms with Gasteiger partial charge in [0.05, 0.1) is 10.7 Å². The van der Waals surface area contributed by atoms with Crippen LogP contribution in [0.15, 0.2) is 42.5 Å². The molecule has 0 aliphatic carbocycles. The van der Waals surface area contributed by atoms with Gasteiger partial charge in [0.15, 0.2) is 0 Å². The lowest BCUT2D eigenvalue weighted by molar-refractivity contribution is -0.117. The SMILES string of the molecule is CCc1ccccc1N(CCC(=O)Nc1ccc(Cl)cc1Cl)C(C)=O. The molecule has 132 valence electrons. The Labute approximate surface area is 157 Å². The van der Waals surface area contributed by atoms with Gasteiger partial charge in [0.1, 0.15) is 0 Å². The average Bonchev–Trinajstić information content (AvgIpc) is 2.57. The maximum Gasteiger partial charge on any atom is 0.226 e. The molecule has 4 nitrogen and oxygen atoms in total. The predicted molar refractivity (Wildman–Crippen MR) is 104 cm³/mol. The summed E-state index contributed by atoms with van der Waals surface area (Å²) in [5.41, 5.74) is 2.41. The van der Waals surface area contributed by atoms with Crippen molar-refractivity contribution in [1.29, 1.82) is 0 Å². The molecule has 6 heteroatoms. The van der Waals surface area contributed by atoms with Crippen molar-refractivity contribution in [1.82, 2.24) is 0 Å². The summed E-state index contributed by atoms with van der Waals surface area (Å²) in [5, 5.41) is 3.62. The van der Waals surface area contributed by atoms with Crippen molar-refractivity contribution in [2.24, 2.45) is 0 Å². The maximum atomic E-state index is 12.2. The number of nitrogens with zero attached hydrogens (tertiary/aromatic N) is 1. The van der Waals surface area contributed by atoms with Gasteiger partial charge in [-0.05, 0) is 36.2 Å². The van der Waals surface area contributed by atoms with Crippen molar-refractivity contribution in [2.45, 2.75) is 26.7 Å². The van der Waals surface area contributed by atoms with E-state index in [4.69, 9.17) is 23.2 Å². The fraction of sp³-hybridized carbons (Fsp3) is 0.263. The minimum Gasteiger partial charge on any atom is -0.325 e. The van der Waals surface area contributed by atoms with E-state index in [0.717, 1.165) is 17.7 Å². The number of para-hydroxylation sites is 1. The molecule has 2 amide bonds. The number of hydrogen-bond donors (Lipinski definition) is 1.